The van der Waals surface area contributed by atoms with Crippen molar-refractivity contribution in [1.82, 2.24) is 14.7 Å². The van der Waals surface area contributed by atoms with Gasteiger partial charge < -0.3 is 14.7 Å². The van der Waals surface area contributed by atoms with Crippen molar-refractivity contribution < 1.29 is 19.4 Å². The second-order valence-electron chi connectivity index (χ2n) is 5.86. The lowest BCUT2D eigenvalue weighted by atomic mass is 9.98. The van der Waals surface area contributed by atoms with E-state index in [0.29, 0.717) is 38.1 Å². The lowest BCUT2D eigenvalue weighted by Gasteiger charge is -2.33. The maximum Gasteiger partial charge on any atom is 0.356 e. The standard InChI is InChI=1S/C14H19N3O4/c1-14(5-3-7-21-14)13(20)17-6-4-10-9(8-17)11(12(18)19)15-16(10)2/h3-8H2,1-2H3,(H,18,19). The Hall–Kier alpha value is -1.89. The Labute approximate surface area is 122 Å². The van der Waals surface area contributed by atoms with Crippen LogP contribution in [0.1, 0.15) is 41.5 Å². The van der Waals surface area contributed by atoms with Crippen molar-refractivity contribution in [1.29, 1.82) is 0 Å². The second-order valence-corrected chi connectivity index (χ2v) is 5.86. The zero-order valence-electron chi connectivity index (χ0n) is 12.3. The summed E-state index contributed by atoms with van der Waals surface area (Å²) in [5.41, 5.74) is 0.825. The van der Waals surface area contributed by atoms with Gasteiger partial charge in [0, 0.05) is 37.9 Å². The Morgan fingerprint density at radius 3 is 2.81 bits per heavy atom. The Balaban J connectivity index is 1.87. The summed E-state index contributed by atoms with van der Waals surface area (Å²) in [6, 6.07) is 0. The average molecular weight is 293 g/mol. The molecule has 0 saturated carbocycles. The lowest BCUT2D eigenvalue weighted by Crippen LogP contribution is -2.48. The van der Waals surface area contributed by atoms with E-state index in [1.807, 2.05) is 6.92 Å². The third kappa shape index (κ3) is 2.21. The summed E-state index contributed by atoms with van der Waals surface area (Å²) >= 11 is 0. The van der Waals surface area contributed by atoms with Crippen molar-refractivity contribution in [2.45, 2.75) is 38.3 Å². The van der Waals surface area contributed by atoms with Gasteiger partial charge >= 0.3 is 5.97 Å². The smallest absolute Gasteiger partial charge is 0.356 e. The summed E-state index contributed by atoms with van der Waals surface area (Å²) < 4.78 is 7.20. The molecule has 1 aromatic rings. The van der Waals surface area contributed by atoms with Gasteiger partial charge in [-0.2, -0.15) is 5.10 Å². The summed E-state index contributed by atoms with van der Waals surface area (Å²) in [4.78, 5) is 25.6. The summed E-state index contributed by atoms with van der Waals surface area (Å²) in [5, 5.41) is 13.3. The number of aromatic nitrogens is 2. The number of hydrogen-bond acceptors (Lipinski definition) is 4. The molecule has 1 atom stereocenters. The summed E-state index contributed by atoms with van der Waals surface area (Å²) in [6.45, 7) is 3.29. The van der Waals surface area contributed by atoms with E-state index >= 15 is 0 Å². The Bertz CT molecular complexity index is 602. The molecule has 1 aromatic heterocycles. The quantitative estimate of drug-likeness (QED) is 0.862. The molecule has 1 fully saturated rings. The Morgan fingerprint density at radius 1 is 1.43 bits per heavy atom. The van der Waals surface area contributed by atoms with Crippen LogP contribution in [0.2, 0.25) is 0 Å². The number of carboxylic acid groups (broad SMARTS) is 1. The molecule has 1 amide bonds. The van der Waals surface area contributed by atoms with Crippen LogP contribution in [-0.4, -0.2) is 50.4 Å². The van der Waals surface area contributed by atoms with Crippen LogP contribution in [0.25, 0.3) is 0 Å². The van der Waals surface area contributed by atoms with Crippen molar-refractivity contribution in [3.05, 3.63) is 17.0 Å². The van der Waals surface area contributed by atoms with Gasteiger partial charge in [-0.1, -0.05) is 0 Å². The molecule has 1 saturated heterocycles. The zero-order chi connectivity index (χ0) is 15.2. The first-order valence-electron chi connectivity index (χ1n) is 7.14. The number of hydrogen-bond donors (Lipinski definition) is 1. The van der Waals surface area contributed by atoms with E-state index in [1.54, 1.807) is 16.6 Å². The molecule has 1 N–H and O–H groups in total. The van der Waals surface area contributed by atoms with E-state index in [1.165, 1.54) is 0 Å². The SMILES string of the molecule is Cn1nc(C(=O)O)c2c1CCN(C(=O)C1(C)CCCO1)C2. The molecule has 7 nitrogen and oxygen atoms in total. The minimum absolute atomic E-state index is 0.0440. The van der Waals surface area contributed by atoms with E-state index < -0.39 is 11.6 Å². The second kappa shape index (κ2) is 4.84. The lowest BCUT2D eigenvalue weighted by molar-refractivity contribution is -0.152. The maximum atomic E-state index is 12.6. The minimum atomic E-state index is -1.05. The number of carbonyl (C=O) groups excluding carboxylic acids is 1. The van der Waals surface area contributed by atoms with Gasteiger partial charge in [0.15, 0.2) is 5.69 Å². The van der Waals surface area contributed by atoms with Crippen LogP contribution >= 0.6 is 0 Å². The van der Waals surface area contributed by atoms with Crippen LogP contribution in [0.4, 0.5) is 0 Å². The normalized spacial score (nSPS) is 25.0. The van der Waals surface area contributed by atoms with E-state index in [-0.39, 0.29) is 11.6 Å². The molecule has 7 heteroatoms. The molecule has 2 aliphatic rings. The van der Waals surface area contributed by atoms with Gasteiger partial charge in [-0.25, -0.2) is 4.79 Å². The van der Waals surface area contributed by atoms with Gasteiger partial charge in [-0.05, 0) is 19.8 Å². The number of nitrogens with zero attached hydrogens (tertiary/aromatic N) is 3. The Kier molecular flexibility index (Phi) is 3.24. The molecule has 0 radical (unpaired) electrons. The summed E-state index contributed by atoms with van der Waals surface area (Å²) in [6.07, 6.45) is 2.22. The molecule has 0 aromatic carbocycles. The highest BCUT2D eigenvalue weighted by Gasteiger charge is 2.42. The highest BCUT2D eigenvalue weighted by atomic mass is 16.5. The summed E-state index contributed by atoms with van der Waals surface area (Å²) in [7, 11) is 1.74. The van der Waals surface area contributed by atoms with E-state index in [9.17, 15) is 14.7 Å². The fourth-order valence-corrected chi connectivity index (χ4v) is 3.22. The number of carboxylic acids is 1. The third-order valence-electron chi connectivity index (χ3n) is 4.40. The number of fused-ring (bicyclic) bond motifs is 1. The summed E-state index contributed by atoms with van der Waals surface area (Å²) in [5.74, 6) is -1.10. The largest absolute Gasteiger partial charge is 0.476 e. The van der Waals surface area contributed by atoms with Gasteiger partial charge in [-0.15, -0.1) is 0 Å². The van der Waals surface area contributed by atoms with Crippen molar-refractivity contribution in [2.75, 3.05) is 13.2 Å². The zero-order valence-corrected chi connectivity index (χ0v) is 12.3. The van der Waals surface area contributed by atoms with Gasteiger partial charge in [0.25, 0.3) is 5.91 Å². The first kappa shape index (κ1) is 14.1. The minimum Gasteiger partial charge on any atom is -0.476 e. The number of amides is 1. The number of carbonyl (C=O) groups is 2. The van der Waals surface area contributed by atoms with Gasteiger partial charge in [0.05, 0.1) is 6.54 Å². The van der Waals surface area contributed by atoms with Crippen LogP contribution in [0.3, 0.4) is 0 Å². The van der Waals surface area contributed by atoms with Crippen LogP contribution < -0.4 is 0 Å². The monoisotopic (exact) mass is 293 g/mol. The molecule has 114 valence electrons. The van der Waals surface area contributed by atoms with Crippen LogP contribution in [-0.2, 0) is 29.5 Å². The van der Waals surface area contributed by atoms with Crippen molar-refractivity contribution in [2.24, 2.45) is 7.05 Å². The predicted octanol–water partition coefficient (Wildman–Crippen LogP) is 0.572. The van der Waals surface area contributed by atoms with E-state index in [0.717, 1.165) is 12.1 Å². The average Bonchev–Trinajstić information content (AvgIpc) is 3.03. The first-order chi connectivity index (χ1) is 9.92. The van der Waals surface area contributed by atoms with Gasteiger partial charge in [0.2, 0.25) is 0 Å². The van der Waals surface area contributed by atoms with Crippen molar-refractivity contribution in [3.63, 3.8) is 0 Å². The number of aryl methyl sites for hydroxylation is 1. The number of rotatable bonds is 2. The van der Waals surface area contributed by atoms with Crippen molar-refractivity contribution >= 4 is 11.9 Å². The molecule has 2 aliphatic heterocycles. The van der Waals surface area contributed by atoms with Crippen molar-refractivity contribution in [3.8, 4) is 0 Å². The first-order valence-corrected chi connectivity index (χ1v) is 7.14. The van der Waals surface area contributed by atoms with Gasteiger partial charge in [-0.3, -0.25) is 9.48 Å². The molecular weight excluding hydrogens is 274 g/mol. The molecule has 0 bridgehead atoms. The number of aromatic carboxylic acids is 1. The highest BCUT2D eigenvalue weighted by molar-refractivity contribution is 5.89. The Morgan fingerprint density at radius 2 is 2.19 bits per heavy atom. The van der Waals surface area contributed by atoms with E-state index in [2.05, 4.69) is 5.10 Å². The topological polar surface area (TPSA) is 84.7 Å². The van der Waals surface area contributed by atoms with E-state index in [4.69, 9.17) is 4.74 Å². The molecule has 3 heterocycles. The molecule has 21 heavy (non-hydrogen) atoms. The molecular formula is C14H19N3O4. The van der Waals surface area contributed by atoms with Crippen LogP contribution in [0.15, 0.2) is 0 Å². The fourth-order valence-electron chi connectivity index (χ4n) is 3.22. The van der Waals surface area contributed by atoms with Crippen LogP contribution in [0, 0.1) is 0 Å². The maximum absolute atomic E-state index is 12.6. The molecule has 0 spiro atoms. The molecule has 1 unspecified atom stereocenters. The highest BCUT2D eigenvalue weighted by Crippen LogP contribution is 2.30. The fraction of sp³-hybridized carbons (Fsp3) is 0.643. The third-order valence-corrected chi connectivity index (χ3v) is 4.40. The molecule has 3 rings (SSSR count). The number of ether oxygens (including phenoxy) is 1. The predicted molar refractivity (Wildman–Crippen MR) is 72.9 cm³/mol. The van der Waals surface area contributed by atoms with Gasteiger partial charge in [0.1, 0.15) is 5.60 Å². The molecule has 0 aliphatic carbocycles. The van der Waals surface area contributed by atoms with Crippen LogP contribution in [0.5, 0.6) is 0 Å².